The molecule has 1 aliphatic carbocycles. The van der Waals surface area contributed by atoms with Crippen LogP contribution in [-0.2, 0) is 9.53 Å². The molecule has 0 amide bonds. The second-order valence-electron chi connectivity index (χ2n) is 6.84. The van der Waals surface area contributed by atoms with Crippen LogP contribution < -0.4 is 0 Å². The summed E-state index contributed by atoms with van der Waals surface area (Å²) in [5.41, 5.74) is 5.76. The summed E-state index contributed by atoms with van der Waals surface area (Å²) < 4.78 is 6.38. The molecule has 0 saturated heterocycles. The van der Waals surface area contributed by atoms with Gasteiger partial charge in [0.05, 0.1) is 5.92 Å². The maximum atomic E-state index is 12.7. The molecule has 0 bridgehead atoms. The molecule has 0 fully saturated rings. The lowest BCUT2D eigenvalue weighted by atomic mass is 9.78. The Morgan fingerprint density at radius 1 is 0.875 bits per heavy atom. The van der Waals surface area contributed by atoms with Gasteiger partial charge >= 0.3 is 0 Å². The Balaban J connectivity index is 1.88. The van der Waals surface area contributed by atoms with Gasteiger partial charge in [-0.25, -0.2) is 0 Å². The molecule has 0 radical (unpaired) electrons. The monoisotopic (exact) mass is 318 g/mol. The van der Waals surface area contributed by atoms with Crippen molar-refractivity contribution >= 4 is 5.78 Å². The van der Waals surface area contributed by atoms with Crippen molar-refractivity contribution in [2.75, 3.05) is 0 Å². The van der Waals surface area contributed by atoms with E-state index in [2.05, 4.69) is 62.4 Å². The van der Waals surface area contributed by atoms with Gasteiger partial charge in [0.1, 0.15) is 11.9 Å². The van der Waals surface area contributed by atoms with Crippen molar-refractivity contribution in [3.8, 4) is 0 Å². The van der Waals surface area contributed by atoms with Crippen molar-refractivity contribution in [2.24, 2.45) is 0 Å². The van der Waals surface area contributed by atoms with Gasteiger partial charge in [-0.3, -0.25) is 4.79 Å². The molecule has 2 aromatic carbocycles. The lowest BCUT2D eigenvalue weighted by Crippen LogP contribution is -2.17. The molecule has 0 N–H and O–H groups in total. The number of carbonyl (C=O) groups is 1. The van der Waals surface area contributed by atoms with Crippen LogP contribution in [0.5, 0.6) is 0 Å². The van der Waals surface area contributed by atoms with Gasteiger partial charge in [-0.15, -0.1) is 0 Å². The average molecular weight is 318 g/mol. The molecule has 0 spiro atoms. The van der Waals surface area contributed by atoms with Crippen molar-refractivity contribution in [1.29, 1.82) is 0 Å². The van der Waals surface area contributed by atoms with Crippen molar-refractivity contribution in [3.63, 3.8) is 0 Å². The quantitative estimate of drug-likeness (QED) is 0.764. The summed E-state index contributed by atoms with van der Waals surface area (Å²) in [6.45, 7) is 4.24. The van der Waals surface area contributed by atoms with E-state index in [-0.39, 0.29) is 17.8 Å². The lowest BCUT2D eigenvalue weighted by molar-refractivity contribution is -0.116. The maximum Gasteiger partial charge on any atom is 0.163 e. The standard InChI is InChI=1S/C22H22O2/c1-14-8-3-5-10-16(14)20-21-18(23)12-7-13-19(21)24-22(20)17-11-6-4-9-15(17)2/h3-6,8-11,20,22H,7,12-13H2,1-2H3. The number of aryl methyl sites for hydroxylation is 2. The van der Waals surface area contributed by atoms with Gasteiger partial charge in [0.15, 0.2) is 5.78 Å². The zero-order chi connectivity index (χ0) is 16.7. The Kier molecular flexibility index (Phi) is 3.76. The number of ketones is 1. The highest BCUT2D eigenvalue weighted by molar-refractivity contribution is 5.98. The van der Waals surface area contributed by atoms with E-state index in [1.165, 1.54) is 22.3 Å². The Morgan fingerprint density at radius 3 is 2.17 bits per heavy atom. The van der Waals surface area contributed by atoms with E-state index in [0.29, 0.717) is 6.42 Å². The molecule has 122 valence electrons. The molecule has 0 saturated carbocycles. The van der Waals surface area contributed by atoms with Crippen LogP contribution in [0.1, 0.15) is 53.5 Å². The number of rotatable bonds is 2. The first-order chi connectivity index (χ1) is 11.7. The zero-order valence-electron chi connectivity index (χ0n) is 14.2. The minimum Gasteiger partial charge on any atom is -0.489 e. The summed E-state index contributed by atoms with van der Waals surface area (Å²) in [6, 6.07) is 16.7. The van der Waals surface area contributed by atoms with Crippen LogP contribution in [0.3, 0.4) is 0 Å². The highest BCUT2D eigenvalue weighted by atomic mass is 16.5. The normalized spacial score (nSPS) is 23.2. The third-order valence-corrected chi connectivity index (χ3v) is 5.31. The van der Waals surface area contributed by atoms with E-state index in [1.54, 1.807) is 0 Å². The number of benzene rings is 2. The van der Waals surface area contributed by atoms with Crippen LogP contribution in [0, 0.1) is 13.8 Å². The first-order valence-corrected chi connectivity index (χ1v) is 8.71. The Morgan fingerprint density at radius 2 is 1.50 bits per heavy atom. The number of carbonyl (C=O) groups excluding carboxylic acids is 1. The summed E-state index contributed by atoms with van der Waals surface area (Å²) in [4.78, 5) is 12.7. The topological polar surface area (TPSA) is 26.3 Å². The molecule has 2 unspecified atom stereocenters. The fourth-order valence-electron chi connectivity index (χ4n) is 4.08. The molecule has 4 rings (SSSR count). The van der Waals surface area contributed by atoms with Gasteiger partial charge in [-0.2, -0.15) is 0 Å². The summed E-state index contributed by atoms with van der Waals surface area (Å²) in [6.07, 6.45) is 2.33. The zero-order valence-corrected chi connectivity index (χ0v) is 14.2. The Hall–Kier alpha value is -2.35. The molecule has 2 aliphatic rings. The predicted molar refractivity (Wildman–Crippen MR) is 94.8 cm³/mol. The van der Waals surface area contributed by atoms with E-state index >= 15 is 0 Å². The molecule has 2 aromatic rings. The van der Waals surface area contributed by atoms with Crippen LogP contribution in [0.2, 0.25) is 0 Å². The fourth-order valence-corrected chi connectivity index (χ4v) is 4.08. The van der Waals surface area contributed by atoms with E-state index in [1.807, 2.05) is 0 Å². The molecular formula is C22H22O2. The maximum absolute atomic E-state index is 12.7. The molecule has 2 nitrogen and oxygen atoms in total. The Bertz CT molecular complexity index is 831. The smallest absolute Gasteiger partial charge is 0.163 e. The number of hydrogen-bond acceptors (Lipinski definition) is 2. The number of ether oxygens (including phenoxy) is 1. The van der Waals surface area contributed by atoms with Crippen LogP contribution in [0.25, 0.3) is 0 Å². The largest absolute Gasteiger partial charge is 0.489 e. The van der Waals surface area contributed by atoms with Crippen LogP contribution in [-0.4, -0.2) is 5.78 Å². The molecule has 2 heteroatoms. The van der Waals surface area contributed by atoms with Gasteiger partial charge in [0, 0.05) is 18.4 Å². The predicted octanol–water partition coefficient (Wildman–Crippen LogP) is 5.17. The van der Waals surface area contributed by atoms with Crippen molar-refractivity contribution in [3.05, 3.63) is 82.1 Å². The van der Waals surface area contributed by atoms with Gasteiger partial charge in [-0.1, -0.05) is 48.5 Å². The van der Waals surface area contributed by atoms with Crippen molar-refractivity contribution < 1.29 is 9.53 Å². The lowest BCUT2D eigenvalue weighted by Gasteiger charge is -2.24. The first kappa shape index (κ1) is 15.2. The van der Waals surface area contributed by atoms with E-state index in [4.69, 9.17) is 4.74 Å². The average Bonchev–Trinajstić information content (AvgIpc) is 2.96. The summed E-state index contributed by atoms with van der Waals surface area (Å²) in [7, 11) is 0. The SMILES string of the molecule is Cc1ccccc1C1OC2=C(C(=O)CCC2)C1c1ccccc1C. The first-order valence-electron chi connectivity index (χ1n) is 8.71. The number of hydrogen-bond donors (Lipinski definition) is 0. The highest BCUT2D eigenvalue weighted by Crippen LogP contribution is 2.51. The Labute approximate surface area is 143 Å². The third kappa shape index (κ3) is 2.37. The minimum atomic E-state index is -0.0978. The highest BCUT2D eigenvalue weighted by Gasteiger charge is 2.43. The minimum absolute atomic E-state index is 0.00935. The van der Waals surface area contributed by atoms with E-state index in [9.17, 15) is 4.79 Å². The van der Waals surface area contributed by atoms with Gasteiger partial charge < -0.3 is 4.74 Å². The molecular weight excluding hydrogens is 296 g/mol. The summed E-state index contributed by atoms with van der Waals surface area (Å²) >= 11 is 0. The summed E-state index contributed by atoms with van der Waals surface area (Å²) in [5, 5.41) is 0. The van der Waals surface area contributed by atoms with Crippen molar-refractivity contribution in [2.45, 2.75) is 45.1 Å². The van der Waals surface area contributed by atoms with Crippen LogP contribution >= 0.6 is 0 Å². The van der Waals surface area contributed by atoms with E-state index < -0.39 is 0 Å². The molecule has 1 heterocycles. The fraction of sp³-hybridized carbons (Fsp3) is 0.318. The second-order valence-corrected chi connectivity index (χ2v) is 6.84. The van der Waals surface area contributed by atoms with Gasteiger partial charge in [0.25, 0.3) is 0 Å². The van der Waals surface area contributed by atoms with E-state index in [0.717, 1.165) is 24.2 Å². The van der Waals surface area contributed by atoms with Crippen LogP contribution in [0.15, 0.2) is 59.9 Å². The summed E-state index contributed by atoms with van der Waals surface area (Å²) in [5.74, 6) is 1.20. The molecule has 2 atom stereocenters. The van der Waals surface area contributed by atoms with Gasteiger partial charge in [-0.05, 0) is 42.5 Å². The second kappa shape index (κ2) is 5.94. The van der Waals surface area contributed by atoms with Crippen molar-refractivity contribution in [1.82, 2.24) is 0 Å². The number of Topliss-reactive ketones (excluding diaryl/α,β-unsaturated/α-hetero) is 1. The van der Waals surface area contributed by atoms with Gasteiger partial charge in [0.2, 0.25) is 0 Å². The molecule has 0 aromatic heterocycles. The molecule has 24 heavy (non-hydrogen) atoms. The van der Waals surface area contributed by atoms with Crippen LogP contribution in [0.4, 0.5) is 0 Å². The molecule has 1 aliphatic heterocycles. The third-order valence-electron chi connectivity index (χ3n) is 5.31. The number of allylic oxidation sites excluding steroid dienone is 1.